The van der Waals surface area contributed by atoms with Gasteiger partial charge in [-0.2, -0.15) is 0 Å². The number of unbranched alkanes of at least 4 members (excludes halogenated alkanes) is 1. The Kier molecular flexibility index (Phi) is 7.46. The molecule has 2 heteroatoms. The first kappa shape index (κ1) is 22.5. The molecule has 0 aliphatic heterocycles. The minimum Gasteiger partial charge on any atom is -0.207 e. The van der Waals surface area contributed by atoms with Gasteiger partial charge in [0, 0.05) is 5.39 Å². The van der Waals surface area contributed by atoms with Crippen molar-refractivity contribution in [2.45, 2.75) is 90.4 Å². The summed E-state index contributed by atoms with van der Waals surface area (Å²) >= 11 is 0. The van der Waals surface area contributed by atoms with Gasteiger partial charge in [-0.1, -0.05) is 56.9 Å². The summed E-state index contributed by atoms with van der Waals surface area (Å²) in [5.74, 6) is 2.33. The van der Waals surface area contributed by atoms with Crippen LogP contribution in [0.4, 0.5) is 8.78 Å². The van der Waals surface area contributed by atoms with Gasteiger partial charge < -0.3 is 0 Å². The Labute approximate surface area is 187 Å². The highest BCUT2D eigenvalue weighted by molar-refractivity contribution is 5.85. The summed E-state index contributed by atoms with van der Waals surface area (Å²) in [6, 6.07) is 7.28. The van der Waals surface area contributed by atoms with Gasteiger partial charge in [0.05, 0.1) is 0 Å². The number of allylic oxidation sites excluding steroid dienone is 2. The van der Waals surface area contributed by atoms with E-state index in [1.807, 2.05) is 37.3 Å². The molecule has 0 amide bonds. The van der Waals surface area contributed by atoms with E-state index in [-0.39, 0.29) is 17.6 Å². The van der Waals surface area contributed by atoms with Gasteiger partial charge in [-0.05, 0) is 104 Å². The minimum absolute atomic E-state index is 0.211. The van der Waals surface area contributed by atoms with E-state index in [0.29, 0.717) is 17.4 Å². The van der Waals surface area contributed by atoms with E-state index in [2.05, 4.69) is 6.92 Å². The zero-order valence-corrected chi connectivity index (χ0v) is 19.3. The van der Waals surface area contributed by atoms with Crippen LogP contribution in [0.15, 0.2) is 36.4 Å². The van der Waals surface area contributed by atoms with Crippen LogP contribution in [-0.4, -0.2) is 0 Å². The topological polar surface area (TPSA) is 0 Å². The zero-order chi connectivity index (χ0) is 21.8. The molecule has 0 spiro atoms. The second-order valence-corrected chi connectivity index (χ2v) is 10.1. The van der Waals surface area contributed by atoms with E-state index < -0.39 is 0 Å². The average Bonchev–Trinajstić information content (AvgIpc) is 2.79. The Morgan fingerprint density at radius 3 is 2.61 bits per heavy atom. The molecule has 4 rings (SSSR count). The van der Waals surface area contributed by atoms with Gasteiger partial charge in [0.1, 0.15) is 11.6 Å². The van der Waals surface area contributed by atoms with Crippen molar-refractivity contribution in [2.75, 3.05) is 0 Å². The Bertz CT molecular complexity index is 913. The van der Waals surface area contributed by atoms with Gasteiger partial charge in [0.25, 0.3) is 0 Å². The minimum atomic E-state index is -0.249. The molecule has 31 heavy (non-hydrogen) atoms. The number of fused-ring (bicyclic) bond motifs is 2. The summed E-state index contributed by atoms with van der Waals surface area (Å²) in [7, 11) is 0. The van der Waals surface area contributed by atoms with Crippen molar-refractivity contribution in [3.63, 3.8) is 0 Å². The molecule has 2 aromatic carbocycles. The van der Waals surface area contributed by atoms with Crippen LogP contribution in [0.5, 0.6) is 0 Å². The van der Waals surface area contributed by atoms with Crippen LogP contribution in [0.2, 0.25) is 0 Å². The molecule has 2 fully saturated rings. The van der Waals surface area contributed by atoms with Crippen molar-refractivity contribution in [1.82, 2.24) is 0 Å². The zero-order valence-electron chi connectivity index (χ0n) is 19.3. The van der Waals surface area contributed by atoms with Crippen molar-refractivity contribution in [3.05, 3.63) is 59.2 Å². The van der Waals surface area contributed by atoms with Crippen molar-refractivity contribution in [3.8, 4) is 0 Å². The Morgan fingerprint density at radius 2 is 1.81 bits per heavy atom. The van der Waals surface area contributed by atoms with Gasteiger partial charge in [-0.15, -0.1) is 0 Å². The first-order valence-corrected chi connectivity index (χ1v) is 12.6. The van der Waals surface area contributed by atoms with Crippen LogP contribution in [-0.2, 0) is 6.42 Å². The molecule has 2 saturated carbocycles. The van der Waals surface area contributed by atoms with E-state index in [9.17, 15) is 0 Å². The van der Waals surface area contributed by atoms with Crippen molar-refractivity contribution in [2.24, 2.45) is 17.8 Å². The Balaban J connectivity index is 1.49. The Morgan fingerprint density at radius 1 is 1.00 bits per heavy atom. The fraction of sp³-hybridized carbons (Fsp3) is 0.586. The van der Waals surface area contributed by atoms with Crippen LogP contribution in [0.3, 0.4) is 0 Å². The van der Waals surface area contributed by atoms with E-state index >= 15 is 8.78 Å². The highest BCUT2D eigenvalue weighted by Crippen LogP contribution is 2.49. The van der Waals surface area contributed by atoms with Crippen LogP contribution >= 0.6 is 0 Å². The molecule has 2 aromatic rings. The summed E-state index contributed by atoms with van der Waals surface area (Å²) in [6.45, 7) is 4.25. The first-order valence-electron chi connectivity index (χ1n) is 12.6. The van der Waals surface area contributed by atoms with Gasteiger partial charge in [0.15, 0.2) is 0 Å². The molecule has 4 atom stereocenters. The van der Waals surface area contributed by atoms with Crippen LogP contribution < -0.4 is 0 Å². The maximum absolute atomic E-state index is 15.2. The van der Waals surface area contributed by atoms with E-state index in [1.54, 1.807) is 0 Å². The van der Waals surface area contributed by atoms with Crippen LogP contribution in [0.1, 0.15) is 95.1 Å². The number of hydrogen-bond donors (Lipinski definition) is 0. The summed E-state index contributed by atoms with van der Waals surface area (Å²) in [4.78, 5) is 0. The number of aryl methyl sites for hydroxylation is 1. The lowest BCUT2D eigenvalue weighted by Gasteiger charge is -2.42. The second-order valence-electron chi connectivity index (χ2n) is 10.1. The quantitative estimate of drug-likeness (QED) is 0.389. The smallest absolute Gasteiger partial charge is 0.134 e. The Hall–Kier alpha value is -1.70. The monoisotopic (exact) mass is 424 g/mol. The molecule has 0 aromatic heterocycles. The molecule has 0 saturated heterocycles. The van der Waals surface area contributed by atoms with Crippen molar-refractivity contribution in [1.29, 1.82) is 0 Å². The molecule has 2 aliphatic carbocycles. The number of halogens is 2. The highest BCUT2D eigenvalue weighted by Gasteiger charge is 2.36. The molecule has 2 aliphatic rings. The lowest BCUT2D eigenvalue weighted by atomic mass is 9.63. The molecule has 0 bridgehead atoms. The molecular weight excluding hydrogens is 386 g/mol. The summed E-state index contributed by atoms with van der Waals surface area (Å²) in [6.07, 6.45) is 17.0. The summed E-state index contributed by atoms with van der Waals surface area (Å²) in [5.41, 5.74) is 1.50. The van der Waals surface area contributed by atoms with E-state index in [4.69, 9.17) is 0 Å². The molecule has 0 radical (unpaired) electrons. The van der Waals surface area contributed by atoms with Crippen LogP contribution in [0, 0.1) is 29.4 Å². The van der Waals surface area contributed by atoms with Crippen LogP contribution in [0.25, 0.3) is 10.8 Å². The highest BCUT2D eigenvalue weighted by atomic mass is 19.1. The molecule has 4 unspecified atom stereocenters. The van der Waals surface area contributed by atoms with E-state index in [1.165, 1.54) is 51.0 Å². The maximum Gasteiger partial charge on any atom is 0.134 e. The van der Waals surface area contributed by atoms with Gasteiger partial charge in [-0.3, -0.25) is 0 Å². The summed E-state index contributed by atoms with van der Waals surface area (Å²) in [5, 5.41) is 1.28. The third kappa shape index (κ3) is 5.04. The lowest BCUT2D eigenvalue weighted by Crippen LogP contribution is -2.30. The van der Waals surface area contributed by atoms with Crippen molar-refractivity contribution < 1.29 is 8.78 Å². The number of rotatable bonds is 7. The van der Waals surface area contributed by atoms with Gasteiger partial charge >= 0.3 is 0 Å². The first-order chi connectivity index (χ1) is 15.1. The third-order valence-corrected chi connectivity index (χ3v) is 8.09. The van der Waals surface area contributed by atoms with Gasteiger partial charge in [0.2, 0.25) is 0 Å². The van der Waals surface area contributed by atoms with Gasteiger partial charge in [-0.25, -0.2) is 8.78 Å². The molecule has 0 N–H and O–H groups in total. The normalized spacial score (nSPS) is 26.5. The number of benzene rings is 2. The average molecular weight is 425 g/mol. The molecule has 0 heterocycles. The molecule has 168 valence electrons. The maximum atomic E-state index is 15.2. The molecular formula is C29H38F2. The SMILES string of the molecule is C/C=C/CCc1ccc2cc(C3CCC4CC(CCCC)CCC4C3)c(F)cc2c1F. The predicted molar refractivity (Wildman–Crippen MR) is 127 cm³/mol. The lowest BCUT2D eigenvalue weighted by molar-refractivity contribution is 0.112. The van der Waals surface area contributed by atoms with E-state index in [0.717, 1.165) is 48.0 Å². The van der Waals surface area contributed by atoms with Crippen molar-refractivity contribution >= 4 is 10.8 Å². The fourth-order valence-electron chi connectivity index (χ4n) is 6.31. The number of hydrogen-bond acceptors (Lipinski definition) is 0. The second kappa shape index (κ2) is 10.3. The third-order valence-electron chi connectivity index (χ3n) is 8.09. The largest absolute Gasteiger partial charge is 0.207 e. The molecule has 0 nitrogen and oxygen atoms in total. The summed E-state index contributed by atoms with van der Waals surface area (Å²) < 4.78 is 30.2. The predicted octanol–water partition coefficient (Wildman–Crippen LogP) is 9.12. The standard InChI is InChI=1S/C29H38F2/c1-3-5-7-9-21-12-14-25-18-26(28(30)19-27(25)29(21)31)24-15-13-22-16-20(8-6-4-2)10-11-23(22)17-24/h3,5,12,14,18-20,22-24H,4,6-11,13,15-17H2,1-2H3/b5-3+. The fourth-order valence-corrected chi connectivity index (χ4v) is 6.31.